The average molecular weight is 1440 g/mol. The number of fused-ring (bicyclic) bond motifs is 2. The molecule has 0 spiro atoms. The number of phenolic OH excluding ortho intramolecular Hbond substituents is 2. The fourth-order valence-electron chi connectivity index (χ4n) is 8.46. The number of aromatic nitrogens is 3. The highest BCUT2D eigenvalue weighted by molar-refractivity contribution is 8.19. The molecule has 8 rings (SSSR count). The lowest BCUT2D eigenvalue weighted by molar-refractivity contribution is 0.283. The van der Waals surface area contributed by atoms with Gasteiger partial charge < -0.3 is 63.0 Å². The Balaban J connectivity index is 1.15. The van der Waals surface area contributed by atoms with E-state index in [2.05, 4.69) is 55.1 Å². The van der Waals surface area contributed by atoms with Gasteiger partial charge in [-0.15, -0.1) is 30.7 Å². The Hall–Kier alpha value is -8.23. The standard InChI is InChI=1S/C47H45ClN12O25S7/c1-21-13-29(31(84-4)20-33(21)86(63,64)12-11-85-92(80,81)82)55-57-40-35(89(71,72)73)16-23-17-37(91(77,78)79)42(44(62)38(23)39(40)49)59-56-30-18-24(5-10-32(30)87(65,66)67)50-46-51-45(48)52-47(53-46)60(2)25-6-8-27-22(14-25)15-36(90(74,75)76)41(43(27)61)58-54-28-9-7-26(83-3)19-34(28)88(68,69)70/h5-10,13-20,61-62,74-79H,11-12,49H2,1-4H3,(H,65,66,67)(H,68,69,70)(H,71,72,73)(H,80,81,82)(H,50,51,52,53). The predicted molar refractivity (Wildman–Crippen MR) is 328 cm³/mol. The second-order valence-electron chi connectivity index (χ2n) is 18.6. The van der Waals surface area contributed by atoms with Crippen LogP contribution in [0, 0.1) is 6.92 Å². The molecule has 0 aliphatic rings. The predicted octanol–water partition coefficient (Wildman–Crippen LogP) is 10.4. The van der Waals surface area contributed by atoms with Gasteiger partial charge in [-0.1, -0.05) is 0 Å². The minimum absolute atomic E-state index is 0.000389. The Morgan fingerprint density at radius 1 is 0.565 bits per heavy atom. The molecule has 0 aliphatic heterocycles. The van der Waals surface area contributed by atoms with Gasteiger partial charge in [0.1, 0.15) is 82.1 Å². The highest BCUT2D eigenvalue weighted by Gasteiger charge is 2.32. The number of aromatic hydroxyl groups is 2. The fourth-order valence-corrected chi connectivity index (χ4v) is 13.7. The molecule has 0 saturated carbocycles. The van der Waals surface area contributed by atoms with Gasteiger partial charge in [0, 0.05) is 35.9 Å². The molecule has 7 aromatic carbocycles. The van der Waals surface area contributed by atoms with Gasteiger partial charge in [-0.2, -0.15) is 48.6 Å². The van der Waals surface area contributed by atoms with Crippen molar-refractivity contribution in [1.82, 2.24) is 15.0 Å². The van der Waals surface area contributed by atoms with E-state index in [4.69, 9.17) is 31.4 Å². The third-order valence-corrected chi connectivity index (χ3v) is 19.5. The number of halogens is 1. The van der Waals surface area contributed by atoms with Crippen molar-refractivity contribution in [2.45, 2.75) is 36.3 Å². The van der Waals surface area contributed by atoms with E-state index < -0.39 is 176 Å². The second-order valence-corrected chi connectivity index (χ2v) is 29.3. The monoisotopic (exact) mass is 1440 g/mol. The minimum Gasteiger partial charge on any atom is -0.505 e. The van der Waals surface area contributed by atoms with E-state index >= 15 is 0 Å². The van der Waals surface area contributed by atoms with Crippen molar-refractivity contribution in [3.8, 4) is 23.0 Å². The van der Waals surface area contributed by atoms with Gasteiger partial charge in [0.15, 0.2) is 21.3 Å². The number of nitrogens with two attached hydrogens (primary N) is 1. The maximum atomic E-state index is 13.1. The van der Waals surface area contributed by atoms with Crippen molar-refractivity contribution < 1.29 is 111 Å². The van der Waals surface area contributed by atoms with Crippen LogP contribution in [0.2, 0.25) is 5.28 Å². The Bertz CT molecular complexity index is 5060. The summed E-state index contributed by atoms with van der Waals surface area (Å²) in [7, 11) is -31.1. The zero-order valence-electron chi connectivity index (χ0n) is 46.5. The average Bonchev–Trinajstić information content (AvgIpc) is 0.748. The van der Waals surface area contributed by atoms with E-state index in [1.54, 1.807) is 0 Å². The molecule has 8 aromatic rings. The summed E-state index contributed by atoms with van der Waals surface area (Å²) < 4.78 is 240. The molecule has 0 radical (unpaired) electrons. The molecule has 1 heterocycles. The third kappa shape index (κ3) is 15.5. The molecule has 37 nitrogen and oxygen atoms in total. The zero-order chi connectivity index (χ0) is 68.2. The van der Waals surface area contributed by atoms with Gasteiger partial charge in [0.2, 0.25) is 17.2 Å². The van der Waals surface area contributed by atoms with E-state index in [1.807, 2.05) is 0 Å². The van der Waals surface area contributed by atoms with Crippen molar-refractivity contribution in [3.63, 3.8) is 0 Å². The summed E-state index contributed by atoms with van der Waals surface area (Å²) in [4.78, 5) is 8.46. The Kier molecular flexibility index (Phi) is 19.5. The molecular formula is C47H45ClN12O25S7. The van der Waals surface area contributed by atoms with E-state index in [0.29, 0.717) is 12.1 Å². The van der Waals surface area contributed by atoms with E-state index in [9.17, 15) is 93.3 Å². The van der Waals surface area contributed by atoms with E-state index in [1.165, 1.54) is 50.2 Å². The molecular weight excluding hydrogens is 1390 g/mol. The summed E-state index contributed by atoms with van der Waals surface area (Å²) in [5.41, 5.74) is 1.07. The van der Waals surface area contributed by atoms with Gasteiger partial charge in [-0.25, -0.2) is 12.6 Å². The van der Waals surface area contributed by atoms with Crippen LogP contribution in [-0.2, 0) is 54.8 Å². The summed E-state index contributed by atoms with van der Waals surface area (Å²) in [6.45, 7) is 0.267. The van der Waals surface area contributed by atoms with Crippen LogP contribution < -0.4 is 25.4 Å². The summed E-state index contributed by atoms with van der Waals surface area (Å²) in [6, 6.07) is 14.2. The molecule has 0 unspecified atom stereocenters. The molecule has 0 saturated heterocycles. The van der Waals surface area contributed by atoms with Gasteiger partial charge in [0.05, 0.1) is 52.3 Å². The lowest BCUT2D eigenvalue weighted by Crippen LogP contribution is -2.16. The van der Waals surface area contributed by atoms with Crippen LogP contribution in [0.3, 0.4) is 0 Å². The topological polar surface area (TPSA) is 595 Å². The lowest BCUT2D eigenvalue weighted by atomic mass is 10.1. The third-order valence-electron chi connectivity index (χ3n) is 12.6. The number of rotatable bonds is 22. The molecule has 92 heavy (non-hydrogen) atoms. The number of nitrogens with zero attached hydrogens (tertiary/aromatic N) is 10. The number of nitrogen functional groups attached to an aromatic ring is 1. The van der Waals surface area contributed by atoms with E-state index in [0.717, 1.165) is 55.6 Å². The molecule has 45 heteroatoms. The summed E-state index contributed by atoms with van der Waals surface area (Å²) in [6.07, 6.45) is 0. The molecule has 492 valence electrons. The van der Waals surface area contributed by atoms with Crippen LogP contribution in [-0.4, -0.2) is 146 Å². The van der Waals surface area contributed by atoms with Crippen molar-refractivity contribution in [2.24, 2.45) is 30.7 Å². The molecule has 0 amide bonds. The number of nitrogens with one attached hydrogen (secondary N) is 1. The van der Waals surface area contributed by atoms with Gasteiger partial charge >= 0.3 is 10.4 Å². The number of methoxy groups -OCH3 is 2. The Morgan fingerprint density at radius 2 is 1.14 bits per heavy atom. The van der Waals surface area contributed by atoms with Gasteiger partial charge in [-0.3, -0.25) is 18.2 Å². The molecule has 1 aromatic heterocycles. The smallest absolute Gasteiger partial charge is 0.397 e. The molecule has 0 atom stereocenters. The largest absolute Gasteiger partial charge is 0.505 e. The molecule has 0 fully saturated rings. The maximum Gasteiger partial charge on any atom is 0.397 e. The van der Waals surface area contributed by atoms with Crippen molar-refractivity contribution in [3.05, 3.63) is 95.8 Å². The van der Waals surface area contributed by atoms with Crippen LogP contribution >= 0.6 is 33.3 Å². The number of benzene rings is 7. The number of azo groups is 3. The van der Waals surface area contributed by atoms with Crippen LogP contribution in [0.4, 0.5) is 63.1 Å². The number of hydrogen-bond acceptors (Lipinski definition) is 33. The van der Waals surface area contributed by atoms with Crippen LogP contribution in [0.1, 0.15) is 5.56 Å². The van der Waals surface area contributed by atoms with Gasteiger partial charge in [-0.05, 0) is 108 Å². The first-order valence-corrected chi connectivity index (χ1v) is 35.1. The Labute approximate surface area is 527 Å². The molecule has 0 aliphatic carbocycles. The summed E-state index contributed by atoms with van der Waals surface area (Å²) in [5, 5.41) is 47.0. The number of ether oxygens (including phenoxy) is 2. The van der Waals surface area contributed by atoms with Crippen LogP contribution in [0.15, 0.2) is 145 Å². The fraction of sp³-hybridized carbons (Fsp3) is 0.128. The molecule has 0 bridgehead atoms. The SMILES string of the molecule is COc1ccc(N=Nc2c(S(O)(O)O)cc3cc(N(C)c4nc(Cl)nc(Nc5ccc(S(=O)(=O)O)c(N=Nc6c(S(O)(O)O)cc7cc(S(=O)(=O)O)c(N=Nc8cc(C)c(S(=O)(=O)CCOS(=O)(=O)O)cc8OC)c(N)c7c6O)c5)n4)ccc3c2O)c(S(=O)(=O)O)c1. The van der Waals surface area contributed by atoms with Crippen molar-refractivity contribution in [2.75, 3.05) is 49.6 Å². The van der Waals surface area contributed by atoms with Crippen LogP contribution in [0.5, 0.6) is 23.0 Å². The van der Waals surface area contributed by atoms with Crippen LogP contribution in [0.25, 0.3) is 21.5 Å². The number of anilines is 5. The lowest BCUT2D eigenvalue weighted by Gasteiger charge is -2.23. The first-order valence-electron chi connectivity index (χ1n) is 24.4. The normalized spacial score (nSPS) is 13.4. The number of sulfone groups is 1. The van der Waals surface area contributed by atoms with E-state index in [-0.39, 0.29) is 56.8 Å². The van der Waals surface area contributed by atoms with Crippen molar-refractivity contribution >= 4 is 169 Å². The first kappa shape index (κ1) is 69.7. The highest BCUT2D eigenvalue weighted by atomic mass is 35.5. The summed E-state index contributed by atoms with van der Waals surface area (Å²) in [5.74, 6) is -3.98. The number of phenols is 2. The quantitative estimate of drug-likeness (QED) is 0.0170. The summed E-state index contributed by atoms with van der Waals surface area (Å²) >= 11 is 6.32. The first-order chi connectivity index (χ1) is 42.5. The number of hydrogen-bond donors (Lipinski definition) is 14. The van der Waals surface area contributed by atoms with Crippen molar-refractivity contribution in [1.29, 1.82) is 0 Å². The second kappa shape index (κ2) is 25.7. The zero-order valence-corrected chi connectivity index (χ0v) is 52.9. The molecule has 15 N–H and O–H groups in total. The minimum atomic E-state index is -5.42. The van der Waals surface area contributed by atoms with Gasteiger partial charge in [0.25, 0.3) is 30.4 Å². The number of aryl methyl sites for hydroxylation is 1. The maximum absolute atomic E-state index is 13.1. The Morgan fingerprint density at radius 3 is 1.73 bits per heavy atom. The highest BCUT2D eigenvalue weighted by Crippen LogP contribution is 2.58.